The second-order valence-electron chi connectivity index (χ2n) is 8.87. The maximum absolute atomic E-state index is 13.2. The highest BCUT2D eigenvalue weighted by atomic mass is 79.9. The van der Waals surface area contributed by atoms with Crippen molar-refractivity contribution in [3.05, 3.63) is 111 Å². The molecule has 0 saturated heterocycles. The third kappa shape index (κ3) is 10.2. The number of carbonyl (C=O) groups is 4. The van der Waals surface area contributed by atoms with Gasteiger partial charge in [0.15, 0.2) is 5.13 Å². The Morgan fingerprint density at radius 2 is 1.67 bits per heavy atom. The SMILES string of the molecule is CCOC(=O)Cc1csc(NC(=O)CSc2ccc(NC(=O)/C(=C/c3ccc(Br)cc3)NC(=O)c3ccccc3)cc2)n1. The molecule has 0 unspecified atom stereocenters. The normalized spacial score (nSPS) is 11.0. The number of rotatable bonds is 12. The standard InChI is InChI=1S/C31H27BrN4O5S2/c1-2-41-28(38)17-24-18-43-31(34-24)36-27(37)19-42-25-14-12-23(13-15-25)33-30(40)26(16-20-8-10-22(32)11-9-20)35-29(39)21-6-4-3-5-7-21/h3-16,18H,2,17,19H2,1H3,(H,33,40)(H,35,39)(H,34,36,37)/b26-16-. The predicted molar refractivity (Wildman–Crippen MR) is 173 cm³/mol. The van der Waals surface area contributed by atoms with Crippen LogP contribution < -0.4 is 16.0 Å². The van der Waals surface area contributed by atoms with Gasteiger partial charge in [-0.3, -0.25) is 19.2 Å². The van der Waals surface area contributed by atoms with Gasteiger partial charge >= 0.3 is 5.97 Å². The molecule has 4 aromatic rings. The highest BCUT2D eigenvalue weighted by Crippen LogP contribution is 2.22. The molecule has 0 aliphatic heterocycles. The number of halogens is 1. The first-order chi connectivity index (χ1) is 20.8. The topological polar surface area (TPSA) is 126 Å². The Morgan fingerprint density at radius 3 is 2.37 bits per heavy atom. The molecule has 0 atom stereocenters. The third-order valence-electron chi connectivity index (χ3n) is 5.62. The van der Waals surface area contributed by atoms with Crippen LogP contribution in [0.1, 0.15) is 28.5 Å². The number of nitrogens with one attached hydrogen (secondary N) is 3. The number of hydrogen-bond acceptors (Lipinski definition) is 8. The first-order valence-corrected chi connectivity index (χ1v) is 15.7. The summed E-state index contributed by atoms with van der Waals surface area (Å²) in [6, 6.07) is 23.0. The summed E-state index contributed by atoms with van der Waals surface area (Å²) in [6.45, 7) is 2.04. The molecule has 9 nitrogen and oxygen atoms in total. The number of nitrogens with zero attached hydrogens (tertiary/aromatic N) is 1. The first-order valence-electron chi connectivity index (χ1n) is 13.1. The van der Waals surface area contributed by atoms with Crippen LogP contribution in [-0.2, 0) is 25.5 Å². The Hall–Kier alpha value is -4.26. The van der Waals surface area contributed by atoms with E-state index in [1.54, 1.807) is 66.9 Å². The van der Waals surface area contributed by atoms with Crippen LogP contribution in [0, 0.1) is 0 Å². The minimum absolute atomic E-state index is 0.0543. The van der Waals surface area contributed by atoms with Gasteiger partial charge in [-0.2, -0.15) is 0 Å². The van der Waals surface area contributed by atoms with Crippen molar-refractivity contribution in [1.29, 1.82) is 0 Å². The molecule has 12 heteroatoms. The van der Waals surface area contributed by atoms with Gasteiger partial charge in [-0.25, -0.2) is 4.98 Å². The molecule has 1 heterocycles. The Balaban J connectivity index is 1.34. The van der Waals surface area contributed by atoms with Gasteiger partial charge in [-0.15, -0.1) is 23.1 Å². The summed E-state index contributed by atoms with van der Waals surface area (Å²) in [5.74, 6) is -1.36. The lowest BCUT2D eigenvalue weighted by atomic mass is 10.1. The first kappa shape index (κ1) is 31.7. The molecule has 3 amide bonds. The number of aromatic nitrogens is 1. The average Bonchev–Trinajstić information content (AvgIpc) is 3.44. The summed E-state index contributed by atoms with van der Waals surface area (Å²) < 4.78 is 5.81. The summed E-state index contributed by atoms with van der Waals surface area (Å²) >= 11 is 5.96. The number of esters is 1. The number of carbonyl (C=O) groups excluding carboxylic acids is 4. The van der Waals surface area contributed by atoms with E-state index in [0.29, 0.717) is 28.7 Å². The molecular weight excluding hydrogens is 652 g/mol. The summed E-state index contributed by atoms with van der Waals surface area (Å²) in [5.41, 5.74) is 2.30. The van der Waals surface area contributed by atoms with Gasteiger partial charge in [0.2, 0.25) is 5.91 Å². The van der Waals surface area contributed by atoms with Gasteiger partial charge < -0.3 is 20.7 Å². The monoisotopic (exact) mass is 678 g/mol. The van der Waals surface area contributed by atoms with Crippen molar-refractivity contribution >= 4 is 79.6 Å². The van der Waals surface area contributed by atoms with Gasteiger partial charge in [0.05, 0.1) is 24.5 Å². The van der Waals surface area contributed by atoms with Gasteiger partial charge in [0, 0.05) is 26.0 Å². The molecular formula is C31H27BrN4O5S2. The van der Waals surface area contributed by atoms with Crippen molar-refractivity contribution in [1.82, 2.24) is 10.3 Å². The fourth-order valence-corrected chi connectivity index (χ4v) is 5.30. The van der Waals surface area contributed by atoms with Gasteiger partial charge in [-0.05, 0) is 67.1 Å². The summed E-state index contributed by atoms with van der Waals surface area (Å²) in [7, 11) is 0. The molecule has 0 fully saturated rings. The van der Waals surface area contributed by atoms with Crippen LogP contribution in [-0.4, -0.2) is 41.0 Å². The number of amides is 3. The van der Waals surface area contributed by atoms with Crippen LogP contribution in [0.2, 0.25) is 0 Å². The lowest BCUT2D eigenvalue weighted by Crippen LogP contribution is -2.30. The molecule has 0 aliphatic carbocycles. The number of thioether (sulfide) groups is 1. The van der Waals surface area contributed by atoms with E-state index in [0.717, 1.165) is 14.9 Å². The highest BCUT2D eigenvalue weighted by Gasteiger charge is 2.16. The van der Waals surface area contributed by atoms with Gasteiger partial charge in [0.25, 0.3) is 11.8 Å². The molecule has 0 saturated carbocycles. The van der Waals surface area contributed by atoms with Crippen molar-refractivity contribution in [3.8, 4) is 0 Å². The van der Waals surface area contributed by atoms with Crippen LogP contribution in [0.5, 0.6) is 0 Å². The molecule has 43 heavy (non-hydrogen) atoms. The Bertz CT molecular complexity index is 1610. The van der Waals surface area contributed by atoms with Crippen molar-refractivity contribution < 1.29 is 23.9 Å². The molecule has 0 aliphatic rings. The van der Waals surface area contributed by atoms with E-state index in [2.05, 4.69) is 36.9 Å². The van der Waals surface area contributed by atoms with Gasteiger partial charge in [-0.1, -0.05) is 46.3 Å². The van der Waals surface area contributed by atoms with E-state index >= 15 is 0 Å². The molecule has 1 aromatic heterocycles. The number of ether oxygens (including phenoxy) is 1. The summed E-state index contributed by atoms with van der Waals surface area (Å²) in [5, 5.41) is 10.4. The second kappa shape index (κ2) is 15.8. The minimum Gasteiger partial charge on any atom is -0.466 e. The zero-order chi connectivity index (χ0) is 30.6. The smallest absolute Gasteiger partial charge is 0.311 e. The van der Waals surface area contributed by atoms with E-state index in [4.69, 9.17) is 4.74 Å². The summed E-state index contributed by atoms with van der Waals surface area (Å²) in [4.78, 5) is 55.1. The highest BCUT2D eigenvalue weighted by molar-refractivity contribution is 9.10. The maximum atomic E-state index is 13.2. The van der Waals surface area contributed by atoms with E-state index in [1.165, 1.54) is 23.1 Å². The molecule has 0 bridgehead atoms. The number of thiazole rings is 1. The fraction of sp³-hybridized carbons (Fsp3) is 0.129. The van der Waals surface area contributed by atoms with Crippen LogP contribution in [0.3, 0.4) is 0 Å². The molecule has 220 valence electrons. The van der Waals surface area contributed by atoms with Crippen LogP contribution in [0.25, 0.3) is 6.08 Å². The number of anilines is 2. The van der Waals surface area contributed by atoms with Crippen molar-refractivity contribution in [3.63, 3.8) is 0 Å². The largest absolute Gasteiger partial charge is 0.466 e. The molecule has 3 N–H and O–H groups in total. The molecule has 4 rings (SSSR count). The van der Waals surface area contributed by atoms with E-state index in [1.807, 2.05) is 30.3 Å². The van der Waals surface area contributed by atoms with Crippen molar-refractivity contribution in [2.24, 2.45) is 0 Å². The van der Waals surface area contributed by atoms with E-state index < -0.39 is 11.8 Å². The Morgan fingerprint density at radius 1 is 0.953 bits per heavy atom. The Labute approximate surface area is 265 Å². The van der Waals surface area contributed by atoms with Gasteiger partial charge in [0.1, 0.15) is 5.70 Å². The zero-order valence-electron chi connectivity index (χ0n) is 23.0. The van der Waals surface area contributed by atoms with Crippen molar-refractivity contribution in [2.45, 2.75) is 18.2 Å². The fourth-order valence-electron chi connectivity index (χ4n) is 3.61. The van der Waals surface area contributed by atoms with Crippen molar-refractivity contribution in [2.75, 3.05) is 23.0 Å². The minimum atomic E-state index is -0.488. The second-order valence-corrected chi connectivity index (χ2v) is 11.7. The summed E-state index contributed by atoms with van der Waals surface area (Å²) in [6.07, 6.45) is 1.66. The lowest BCUT2D eigenvalue weighted by Gasteiger charge is -2.12. The third-order valence-corrected chi connectivity index (χ3v) is 7.97. The molecule has 3 aromatic carbocycles. The van der Waals surface area contributed by atoms with E-state index in [9.17, 15) is 19.2 Å². The van der Waals surface area contributed by atoms with E-state index in [-0.39, 0.29) is 29.7 Å². The quantitative estimate of drug-likeness (QED) is 0.0932. The molecule has 0 radical (unpaired) electrons. The maximum Gasteiger partial charge on any atom is 0.311 e. The molecule has 0 spiro atoms. The lowest BCUT2D eigenvalue weighted by molar-refractivity contribution is -0.142. The number of benzene rings is 3. The van der Waals surface area contributed by atoms with Crippen LogP contribution in [0.4, 0.5) is 10.8 Å². The predicted octanol–water partition coefficient (Wildman–Crippen LogP) is 6.15. The number of hydrogen-bond donors (Lipinski definition) is 3. The Kier molecular flexibility index (Phi) is 11.7. The zero-order valence-corrected chi connectivity index (χ0v) is 26.2. The van der Waals surface area contributed by atoms with Crippen LogP contribution in [0.15, 0.2) is 99.3 Å². The van der Waals surface area contributed by atoms with Crippen LogP contribution >= 0.6 is 39.0 Å². The average molecular weight is 680 g/mol.